The fraction of sp³-hybridized carbons (Fsp3) is 0.100. The summed E-state index contributed by atoms with van der Waals surface area (Å²) in [4.78, 5) is 16.2. The van der Waals surface area contributed by atoms with Crippen molar-refractivity contribution in [2.45, 2.75) is 23.3 Å². The molecule has 0 fully saturated rings. The summed E-state index contributed by atoms with van der Waals surface area (Å²) < 4.78 is 25.5. The Morgan fingerprint density at radius 2 is 1.86 bits per heavy atom. The molecule has 1 aromatic heterocycles. The molecular weight excluding hydrogens is 378 g/mol. The SMILES string of the molecule is Cc1cc(O)ccc1S(=O)(=O)c1ccc(NC(=O)NCc2cccnc2)cc1. The van der Waals surface area contributed by atoms with Gasteiger partial charge in [0, 0.05) is 24.6 Å². The van der Waals surface area contributed by atoms with Crippen molar-refractivity contribution in [3.05, 3.63) is 78.1 Å². The Hall–Kier alpha value is -3.39. The smallest absolute Gasteiger partial charge is 0.319 e. The van der Waals surface area contributed by atoms with Crippen molar-refractivity contribution in [1.82, 2.24) is 10.3 Å². The molecule has 0 saturated heterocycles. The second-order valence-corrected chi connectivity index (χ2v) is 8.06. The van der Waals surface area contributed by atoms with Crippen LogP contribution in [0.4, 0.5) is 10.5 Å². The van der Waals surface area contributed by atoms with Crippen LogP contribution in [0.25, 0.3) is 0 Å². The van der Waals surface area contributed by atoms with Gasteiger partial charge in [0.25, 0.3) is 0 Å². The highest BCUT2D eigenvalue weighted by Crippen LogP contribution is 2.27. The molecule has 8 heteroatoms. The fourth-order valence-electron chi connectivity index (χ4n) is 2.64. The number of phenolic OH excluding ortho intramolecular Hbond substituents is 1. The number of benzene rings is 2. The number of phenols is 1. The van der Waals surface area contributed by atoms with Gasteiger partial charge >= 0.3 is 6.03 Å². The number of rotatable bonds is 5. The Morgan fingerprint density at radius 1 is 1.11 bits per heavy atom. The first-order valence-corrected chi connectivity index (χ1v) is 9.93. The summed E-state index contributed by atoms with van der Waals surface area (Å²) in [5.41, 5.74) is 1.78. The van der Waals surface area contributed by atoms with Gasteiger partial charge in [-0.1, -0.05) is 6.07 Å². The van der Waals surface area contributed by atoms with Crippen LogP contribution in [0.5, 0.6) is 5.75 Å². The lowest BCUT2D eigenvalue weighted by molar-refractivity contribution is 0.251. The molecule has 0 bridgehead atoms. The molecule has 0 unspecified atom stereocenters. The molecule has 2 amide bonds. The van der Waals surface area contributed by atoms with E-state index < -0.39 is 15.9 Å². The van der Waals surface area contributed by atoms with Gasteiger partial charge in [0.1, 0.15) is 5.75 Å². The van der Waals surface area contributed by atoms with Crippen LogP contribution >= 0.6 is 0 Å². The second kappa shape index (κ2) is 8.10. The predicted molar refractivity (Wildman–Crippen MR) is 105 cm³/mol. The molecule has 1 heterocycles. The van der Waals surface area contributed by atoms with Crippen molar-refractivity contribution in [2.75, 3.05) is 5.32 Å². The Balaban J connectivity index is 1.68. The first-order valence-electron chi connectivity index (χ1n) is 8.45. The number of amides is 2. The van der Waals surface area contributed by atoms with Crippen LogP contribution in [-0.2, 0) is 16.4 Å². The van der Waals surface area contributed by atoms with Crippen molar-refractivity contribution in [1.29, 1.82) is 0 Å². The number of hydrogen-bond acceptors (Lipinski definition) is 5. The molecule has 3 rings (SSSR count). The van der Waals surface area contributed by atoms with Crippen molar-refractivity contribution >= 4 is 21.6 Å². The van der Waals surface area contributed by atoms with Gasteiger partial charge in [-0.25, -0.2) is 13.2 Å². The maximum atomic E-state index is 12.8. The van der Waals surface area contributed by atoms with E-state index >= 15 is 0 Å². The van der Waals surface area contributed by atoms with Gasteiger partial charge in [0.05, 0.1) is 9.79 Å². The molecule has 0 atom stereocenters. The molecule has 0 aliphatic carbocycles. The summed E-state index contributed by atoms with van der Waals surface area (Å²) in [6.07, 6.45) is 3.31. The van der Waals surface area contributed by atoms with Gasteiger partial charge in [-0.2, -0.15) is 0 Å². The monoisotopic (exact) mass is 397 g/mol. The minimum Gasteiger partial charge on any atom is -0.508 e. The normalized spacial score (nSPS) is 11.0. The number of urea groups is 1. The van der Waals surface area contributed by atoms with Crippen LogP contribution in [0.1, 0.15) is 11.1 Å². The Bertz CT molecular complexity index is 1080. The standard InChI is InChI=1S/C20H19N3O4S/c1-14-11-17(24)6-9-19(14)28(26,27)18-7-4-16(5-8-18)23-20(25)22-13-15-3-2-10-21-12-15/h2-12,24H,13H2,1H3,(H2,22,23,25). The highest BCUT2D eigenvalue weighted by Gasteiger charge is 2.20. The number of nitrogens with zero attached hydrogens (tertiary/aromatic N) is 1. The first-order chi connectivity index (χ1) is 13.4. The van der Waals surface area contributed by atoms with Gasteiger partial charge in [-0.3, -0.25) is 4.98 Å². The fourth-order valence-corrected chi connectivity index (χ4v) is 4.12. The van der Waals surface area contributed by atoms with Gasteiger partial charge < -0.3 is 15.7 Å². The van der Waals surface area contributed by atoms with Crippen LogP contribution in [0.15, 0.2) is 76.8 Å². The molecule has 7 nitrogen and oxygen atoms in total. The molecule has 2 aromatic carbocycles. The number of carbonyl (C=O) groups is 1. The maximum Gasteiger partial charge on any atom is 0.319 e. The van der Waals surface area contributed by atoms with Crippen molar-refractivity contribution in [3.8, 4) is 5.75 Å². The van der Waals surface area contributed by atoms with Crippen molar-refractivity contribution in [2.24, 2.45) is 0 Å². The van der Waals surface area contributed by atoms with E-state index in [0.717, 1.165) is 5.56 Å². The van der Waals surface area contributed by atoms with Crippen LogP contribution in [0.3, 0.4) is 0 Å². The Labute approximate surface area is 163 Å². The number of hydrogen-bond donors (Lipinski definition) is 3. The first kappa shape index (κ1) is 19.4. The van der Waals surface area contributed by atoms with Crippen LogP contribution in [0, 0.1) is 6.92 Å². The highest BCUT2D eigenvalue weighted by atomic mass is 32.2. The zero-order valence-corrected chi connectivity index (χ0v) is 15.9. The summed E-state index contributed by atoms with van der Waals surface area (Å²) in [5.74, 6) is 0.00768. The lowest BCUT2D eigenvalue weighted by atomic mass is 10.2. The topological polar surface area (TPSA) is 108 Å². The summed E-state index contributed by atoms with van der Waals surface area (Å²) in [7, 11) is -3.72. The average molecular weight is 397 g/mol. The van der Waals surface area contributed by atoms with Gasteiger partial charge in [-0.15, -0.1) is 0 Å². The zero-order chi connectivity index (χ0) is 20.1. The van der Waals surface area contributed by atoms with Gasteiger partial charge in [0.2, 0.25) is 9.84 Å². The number of pyridine rings is 1. The highest BCUT2D eigenvalue weighted by molar-refractivity contribution is 7.91. The lowest BCUT2D eigenvalue weighted by Gasteiger charge is -2.10. The van der Waals surface area contributed by atoms with Gasteiger partial charge in [0.15, 0.2) is 0 Å². The molecule has 28 heavy (non-hydrogen) atoms. The summed E-state index contributed by atoms with van der Waals surface area (Å²) >= 11 is 0. The van der Waals surface area contributed by atoms with E-state index in [0.29, 0.717) is 17.8 Å². The molecule has 0 radical (unpaired) electrons. The molecule has 0 aliphatic heterocycles. The third kappa shape index (κ3) is 4.47. The Morgan fingerprint density at radius 3 is 2.50 bits per heavy atom. The molecule has 3 aromatic rings. The van der Waals surface area contributed by atoms with Gasteiger partial charge in [-0.05, 0) is 66.6 Å². The minimum atomic E-state index is -3.72. The van der Waals surface area contributed by atoms with E-state index in [1.54, 1.807) is 25.4 Å². The number of aryl methyl sites for hydroxylation is 1. The number of sulfone groups is 1. The minimum absolute atomic E-state index is 0.00768. The average Bonchev–Trinajstić information content (AvgIpc) is 2.67. The van der Waals surface area contributed by atoms with E-state index in [-0.39, 0.29) is 15.5 Å². The van der Waals surface area contributed by atoms with Crippen LogP contribution in [0.2, 0.25) is 0 Å². The molecular formula is C20H19N3O4S. The van der Waals surface area contributed by atoms with E-state index in [1.807, 2.05) is 6.07 Å². The third-order valence-corrected chi connectivity index (χ3v) is 5.98. The number of nitrogens with one attached hydrogen (secondary N) is 2. The predicted octanol–water partition coefficient (Wildman–Crippen LogP) is 3.25. The van der Waals surface area contributed by atoms with E-state index in [2.05, 4.69) is 15.6 Å². The number of aromatic nitrogens is 1. The largest absolute Gasteiger partial charge is 0.508 e. The van der Waals surface area contributed by atoms with E-state index in [9.17, 15) is 18.3 Å². The number of anilines is 1. The molecule has 0 saturated carbocycles. The van der Waals surface area contributed by atoms with E-state index in [1.165, 1.54) is 42.5 Å². The van der Waals surface area contributed by atoms with Crippen molar-refractivity contribution < 1.29 is 18.3 Å². The summed E-state index contributed by atoms with van der Waals surface area (Å²) in [6.45, 7) is 1.95. The number of carbonyl (C=O) groups excluding carboxylic acids is 1. The molecule has 0 aliphatic rings. The summed E-state index contributed by atoms with van der Waals surface area (Å²) in [5, 5.41) is 14.8. The molecule has 3 N–H and O–H groups in total. The lowest BCUT2D eigenvalue weighted by Crippen LogP contribution is -2.28. The zero-order valence-electron chi connectivity index (χ0n) is 15.1. The molecule has 0 spiro atoms. The maximum absolute atomic E-state index is 12.8. The molecule has 144 valence electrons. The third-order valence-electron chi connectivity index (χ3n) is 4.05. The summed E-state index contributed by atoms with van der Waals surface area (Å²) in [6, 6.07) is 13.2. The van der Waals surface area contributed by atoms with E-state index in [4.69, 9.17) is 0 Å². The second-order valence-electron chi connectivity index (χ2n) is 6.15. The quantitative estimate of drug-likeness (QED) is 0.612. The van der Waals surface area contributed by atoms with Crippen LogP contribution < -0.4 is 10.6 Å². The van der Waals surface area contributed by atoms with Crippen molar-refractivity contribution in [3.63, 3.8) is 0 Å². The number of aromatic hydroxyl groups is 1. The Kier molecular flexibility index (Phi) is 5.60. The van der Waals surface area contributed by atoms with Crippen LogP contribution in [-0.4, -0.2) is 24.5 Å².